The summed E-state index contributed by atoms with van der Waals surface area (Å²) in [5, 5.41) is 7.86. The van der Waals surface area contributed by atoms with Gasteiger partial charge in [-0.2, -0.15) is 5.10 Å². The van der Waals surface area contributed by atoms with Gasteiger partial charge in [-0.1, -0.05) is 42.5 Å². The van der Waals surface area contributed by atoms with Gasteiger partial charge in [0.05, 0.1) is 12.7 Å². The molecular weight excluding hydrogens is 342 g/mol. The molecule has 2 amide bonds. The number of amides is 2. The van der Waals surface area contributed by atoms with Crippen molar-refractivity contribution >= 4 is 28.3 Å². The van der Waals surface area contributed by atoms with Crippen LogP contribution in [0.4, 0.5) is 0 Å². The Labute approximate surface area is 158 Å². The van der Waals surface area contributed by atoms with E-state index in [9.17, 15) is 9.59 Å². The molecule has 0 N–H and O–H groups in total. The van der Waals surface area contributed by atoms with Crippen LogP contribution in [0.2, 0.25) is 0 Å². The number of benzene rings is 2. The van der Waals surface area contributed by atoms with Crippen LogP contribution in [0.5, 0.6) is 0 Å². The van der Waals surface area contributed by atoms with Crippen LogP contribution in [-0.4, -0.2) is 60.3 Å². The Balaban J connectivity index is 1.47. The third-order valence-corrected chi connectivity index (χ3v) is 5.21. The van der Waals surface area contributed by atoms with Gasteiger partial charge in [-0.25, -0.2) is 5.01 Å². The second-order valence-corrected chi connectivity index (χ2v) is 7.05. The van der Waals surface area contributed by atoms with E-state index in [0.717, 1.165) is 6.42 Å². The van der Waals surface area contributed by atoms with Crippen LogP contribution in [0, 0.1) is 0 Å². The first-order chi connectivity index (χ1) is 13.1. The van der Waals surface area contributed by atoms with Gasteiger partial charge in [0.25, 0.3) is 5.91 Å². The number of fused-ring (bicyclic) bond motifs is 1. The van der Waals surface area contributed by atoms with E-state index in [0.29, 0.717) is 38.2 Å². The molecule has 0 spiro atoms. The van der Waals surface area contributed by atoms with E-state index >= 15 is 0 Å². The average Bonchev–Trinajstić information content (AvgIpc) is 2.70. The summed E-state index contributed by atoms with van der Waals surface area (Å²) < 4.78 is 5.94. The van der Waals surface area contributed by atoms with Crippen molar-refractivity contribution in [1.82, 2.24) is 9.91 Å². The van der Waals surface area contributed by atoms with Crippen LogP contribution in [-0.2, 0) is 20.7 Å². The number of carbonyl (C=O) groups is 2. The molecule has 27 heavy (non-hydrogen) atoms. The van der Waals surface area contributed by atoms with E-state index in [1.807, 2.05) is 17.0 Å². The van der Waals surface area contributed by atoms with Crippen molar-refractivity contribution in [3.63, 3.8) is 0 Å². The quantitative estimate of drug-likeness (QED) is 0.838. The van der Waals surface area contributed by atoms with Gasteiger partial charge in [0.2, 0.25) is 5.91 Å². The van der Waals surface area contributed by atoms with Gasteiger partial charge >= 0.3 is 0 Å². The fourth-order valence-electron chi connectivity index (χ4n) is 3.75. The van der Waals surface area contributed by atoms with E-state index in [-0.39, 0.29) is 17.9 Å². The molecule has 140 valence electrons. The Bertz CT molecular complexity index is 903. The molecule has 0 aliphatic carbocycles. The standard InChI is InChI=1S/C21H23N3O3/c1-23-20(25)10-9-19(22-23)21(26)24-11-12-27-17(14-24)13-16-7-4-6-15-5-2-3-8-18(15)16/h2-8,17H,9-14H2,1H3/t17-/m0/s1. The summed E-state index contributed by atoms with van der Waals surface area (Å²) in [6, 6.07) is 14.6. The number of morpholine rings is 1. The first kappa shape index (κ1) is 17.7. The van der Waals surface area contributed by atoms with Gasteiger partial charge in [0, 0.05) is 39.4 Å². The maximum atomic E-state index is 12.8. The molecule has 1 saturated heterocycles. The number of rotatable bonds is 3. The van der Waals surface area contributed by atoms with Crippen LogP contribution in [0.15, 0.2) is 47.6 Å². The van der Waals surface area contributed by atoms with Crippen molar-refractivity contribution < 1.29 is 14.3 Å². The Morgan fingerprint density at radius 1 is 1.19 bits per heavy atom. The number of hydrogen-bond donors (Lipinski definition) is 0. The Morgan fingerprint density at radius 3 is 2.85 bits per heavy atom. The second-order valence-electron chi connectivity index (χ2n) is 7.05. The minimum atomic E-state index is -0.0828. The van der Waals surface area contributed by atoms with Crippen molar-refractivity contribution in [2.75, 3.05) is 26.7 Å². The molecule has 2 aromatic carbocycles. The summed E-state index contributed by atoms with van der Waals surface area (Å²) in [5.41, 5.74) is 1.69. The van der Waals surface area contributed by atoms with E-state index in [4.69, 9.17) is 4.74 Å². The summed E-state index contributed by atoms with van der Waals surface area (Å²) in [4.78, 5) is 26.2. The Hall–Kier alpha value is -2.73. The fraction of sp³-hybridized carbons (Fsp3) is 0.381. The first-order valence-electron chi connectivity index (χ1n) is 9.33. The zero-order valence-corrected chi connectivity index (χ0v) is 15.4. The maximum absolute atomic E-state index is 12.8. The van der Waals surface area contributed by atoms with Crippen molar-refractivity contribution in [1.29, 1.82) is 0 Å². The molecule has 1 atom stereocenters. The van der Waals surface area contributed by atoms with E-state index in [1.54, 1.807) is 7.05 Å². The second kappa shape index (κ2) is 7.48. The lowest BCUT2D eigenvalue weighted by Gasteiger charge is -2.34. The first-order valence-corrected chi connectivity index (χ1v) is 9.33. The summed E-state index contributed by atoms with van der Waals surface area (Å²) in [6.07, 6.45) is 1.46. The molecule has 0 aromatic heterocycles. The predicted molar refractivity (Wildman–Crippen MR) is 103 cm³/mol. The molecule has 0 unspecified atom stereocenters. The normalized spacial score (nSPS) is 20.7. The third kappa shape index (κ3) is 3.71. The highest BCUT2D eigenvalue weighted by Crippen LogP contribution is 2.22. The monoisotopic (exact) mass is 365 g/mol. The molecule has 1 fully saturated rings. The summed E-state index contributed by atoms with van der Waals surface area (Å²) in [5.74, 6) is -0.136. The van der Waals surface area contributed by atoms with Crippen LogP contribution < -0.4 is 0 Å². The molecule has 4 rings (SSSR count). The topological polar surface area (TPSA) is 62.2 Å². The van der Waals surface area contributed by atoms with Gasteiger partial charge in [0.15, 0.2) is 0 Å². The zero-order chi connectivity index (χ0) is 18.8. The maximum Gasteiger partial charge on any atom is 0.270 e. The van der Waals surface area contributed by atoms with Crippen molar-refractivity contribution in [3.05, 3.63) is 48.0 Å². The lowest BCUT2D eigenvalue weighted by atomic mass is 9.99. The molecule has 0 bridgehead atoms. The predicted octanol–water partition coefficient (Wildman–Crippen LogP) is 2.22. The van der Waals surface area contributed by atoms with Gasteiger partial charge < -0.3 is 9.64 Å². The van der Waals surface area contributed by atoms with E-state index in [2.05, 4.69) is 35.4 Å². The number of ether oxygens (including phenoxy) is 1. The molecule has 2 aliphatic heterocycles. The van der Waals surface area contributed by atoms with Crippen molar-refractivity contribution in [2.24, 2.45) is 5.10 Å². The molecule has 2 aliphatic rings. The van der Waals surface area contributed by atoms with Crippen LogP contribution in [0.1, 0.15) is 18.4 Å². The molecule has 6 nitrogen and oxygen atoms in total. The molecular formula is C21H23N3O3. The molecule has 0 radical (unpaired) electrons. The number of hydrazone groups is 1. The average molecular weight is 365 g/mol. The fourth-order valence-corrected chi connectivity index (χ4v) is 3.75. The van der Waals surface area contributed by atoms with Gasteiger partial charge in [-0.3, -0.25) is 9.59 Å². The highest BCUT2D eigenvalue weighted by molar-refractivity contribution is 6.39. The third-order valence-electron chi connectivity index (χ3n) is 5.21. The zero-order valence-electron chi connectivity index (χ0n) is 15.4. The Morgan fingerprint density at radius 2 is 2.00 bits per heavy atom. The van der Waals surface area contributed by atoms with Gasteiger partial charge in [-0.15, -0.1) is 0 Å². The summed E-state index contributed by atoms with van der Waals surface area (Å²) in [6.45, 7) is 1.61. The summed E-state index contributed by atoms with van der Waals surface area (Å²) in [7, 11) is 1.59. The largest absolute Gasteiger partial charge is 0.374 e. The lowest BCUT2D eigenvalue weighted by Crippen LogP contribution is -2.49. The molecule has 0 saturated carbocycles. The number of hydrogen-bond acceptors (Lipinski definition) is 4. The highest BCUT2D eigenvalue weighted by atomic mass is 16.5. The van der Waals surface area contributed by atoms with Crippen LogP contribution >= 0.6 is 0 Å². The molecule has 2 aromatic rings. The molecule has 6 heteroatoms. The van der Waals surface area contributed by atoms with E-state index in [1.165, 1.54) is 21.3 Å². The number of nitrogens with zero attached hydrogens (tertiary/aromatic N) is 3. The number of carbonyl (C=O) groups excluding carboxylic acids is 2. The highest BCUT2D eigenvalue weighted by Gasteiger charge is 2.30. The van der Waals surface area contributed by atoms with Crippen LogP contribution in [0.25, 0.3) is 10.8 Å². The van der Waals surface area contributed by atoms with Crippen LogP contribution in [0.3, 0.4) is 0 Å². The summed E-state index contributed by atoms with van der Waals surface area (Å²) >= 11 is 0. The SMILES string of the molecule is CN1N=C(C(=O)N2CCO[C@@H](Cc3cccc4ccccc34)C2)CCC1=O. The minimum absolute atomic E-state index is 0.0444. The smallest absolute Gasteiger partial charge is 0.270 e. The van der Waals surface area contributed by atoms with Gasteiger partial charge in [-0.05, 0) is 16.3 Å². The van der Waals surface area contributed by atoms with Crippen molar-refractivity contribution in [3.8, 4) is 0 Å². The van der Waals surface area contributed by atoms with Gasteiger partial charge in [0.1, 0.15) is 5.71 Å². The lowest BCUT2D eigenvalue weighted by molar-refractivity contribution is -0.133. The van der Waals surface area contributed by atoms with Crippen molar-refractivity contribution in [2.45, 2.75) is 25.4 Å². The Kier molecular flexibility index (Phi) is 4.90. The minimum Gasteiger partial charge on any atom is -0.374 e. The van der Waals surface area contributed by atoms with E-state index < -0.39 is 0 Å². The molecule has 2 heterocycles.